The van der Waals surface area contributed by atoms with Crippen molar-refractivity contribution in [3.8, 4) is 0 Å². The van der Waals surface area contributed by atoms with Crippen LogP contribution in [0.5, 0.6) is 0 Å². The van der Waals surface area contributed by atoms with E-state index < -0.39 is 0 Å². The minimum Gasteiger partial charge on any atom is -0.311 e. The maximum Gasteiger partial charge on any atom is 0.252 e. The van der Waals surface area contributed by atoms with Crippen LogP contribution in [-0.2, 0) is 5.41 Å². The number of hydrogen-bond donors (Lipinski definition) is 0. The molecule has 1 aliphatic carbocycles. The largest absolute Gasteiger partial charge is 0.311 e. The second kappa shape index (κ2) is 11.2. The maximum atomic E-state index is 2.61. The van der Waals surface area contributed by atoms with E-state index in [1.54, 1.807) is 0 Å². The molecular weight excluding hydrogens is 579 g/mol. The molecule has 2 heterocycles. The normalized spacial score (nSPS) is 15.7. The van der Waals surface area contributed by atoms with Gasteiger partial charge in [0.25, 0.3) is 6.71 Å². The summed E-state index contributed by atoms with van der Waals surface area (Å²) in [7, 11) is 0. The Morgan fingerprint density at radius 3 is 1.94 bits per heavy atom. The summed E-state index contributed by atoms with van der Waals surface area (Å²) < 4.78 is 0. The fraction of sp³-hybridized carbons (Fsp3) is 0.244. The first-order chi connectivity index (χ1) is 23.4. The molecule has 0 atom stereocenters. The van der Waals surface area contributed by atoms with Crippen molar-refractivity contribution in [2.24, 2.45) is 0 Å². The van der Waals surface area contributed by atoms with E-state index in [0.717, 1.165) is 0 Å². The van der Waals surface area contributed by atoms with Gasteiger partial charge in [-0.1, -0.05) is 119 Å². The Hall–Kier alpha value is -4.76. The number of nitrogens with zero attached hydrogens (tertiary/aromatic N) is 2. The van der Waals surface area contributed by atoms with Crippen molar-refractivity contribution in [2.75, 3.05) is 9.80 Å². The molecular formula is C45H43BN2. The molecule has 1 fully saturated rings. The number of benzene rings is 6. The van der Waals surface area contributed by atoms with Gasteiger partial charge in [0.15, 0.2) is 0 Å². The molecule has 9 rings (SSSR count). The van der Waals surface area contributed by atoms with Crippen molar-refractivity contribution in [3.05, 3.63) is 138 Å². The van der Waals surface area contributed by atoms with Crippen LogP contribution in [0.1, 0.15) is 75.5 Å². The number of fused-ring (bicyclic) bond motifs is 5. The lowest BCUT2D eigenvalue weighted by Crippen LogP contribution is -2.61. The molecule has 0 radical (unpaired) electrons. The lowest BCUT2D eigenvalue weighted by Gasteiger charge is -2.44. The van der Waals surface area contributed by atoms with Gasteiger partial charge in [0.2, 0.25) is 0 Å². The molecule has 2 nitrogen and oxygen atoms in total. The van der Waals surface area contributed by atoms with E-state index in [4.69, 9.17) is 0 Å². The monoisotopic (exact) mass is 622 g/mol. The van der Waals surface area contributed by atoms with E-state index in [0.29, 0.717) is 5.92 Å². The number of hydrogen-bond acceptors (Lipinski definition) is 2. The van der Waals surface area contributed by atoms with Gasteiger partial charge < -0.3 is 9.80 Å². The maximum absolute atomic E-state index is 2.61. The van der Waals surface area contributed by atoms with Crippen LogP contribution in [0.25, 0.3) is 10.8 Å². The third-order valence-corrected chi connectivity index (χ3v) is 11.3. The first kappa shape index (κ1) is 29.4. The van der Waals surface area contributed by atoms with E-state index in [2.05, 4.69) is 159 Å². The van der Waals surface area contributed by atoms with Crippen molar-refractivity contribution in [2.45, 2.75) is 71.1 Å². The van der Waals surface area contributed by atoms with Gasteiger partial charge in [-0.3, -0.25) is 0 Å². The van der Waals surface area contributed by atoms with Crippen LogP contribution in [0, 0.1) is 6.92 Å². The predicted octanol–water partition coefficient (Wildman–Crippen LogP) is 10.6. The highest BCUT2D eigenvalue weighted by atomic mass is 15.2. The number of para-hydroxylation sites is 1. The van der Waals surface area contributed by atoms with Gasteiger partial charge in [-0.2, -0.15) is 0 Å². The van der Waals surface area contributed by atoms with Gasteiger partial charge >= 0.3 is 0 Å². The van der Waals surface area contributed by atoms with Crippen LogP contribution in [0.2, 0.25) is 0 Å². The second-order valence-electron chi connectivity index (χ2n) is 15.3. The quantitative estimate of drug-likeness (QED) is 0.181. The summed E-state index contributed by atoms with van der Waals surface area (Å²) in [5.74, 6) is 0.642. The minimum atomic E-state index is 0.102. The van der Waals surface area contributed by atoms with Crippen molar-refractivity contribution in [1.29, 1.82) is 0 Å². The Morgan fingerprint density at radius 2 is 1.21 bits per heavy atom. The van der Waals surface area contributed by atoms with Crippen molar-refractivity contribution in [3.63, 3.8) is 0 Å². The zero-order chi connectivity index (χ0) is 32.6. The van der Waals surface area contributed by atoms with Crippen LogP contribution >= 0.6 is 0 Å². The molecule has 3 aliphatic rings. The summed E-state index contributed by atoms with van der Waals surface area (Å²) in [6, 6.07) is 46.5. The zero-order valence-electron chi connectivity index (χ0n) is 28.6. The van der Waals surface area contributed by atoms with E-state index in [9.17, 15) is 0 Å². The SMILES string of the molecule is Cc1ccccc1N1c2cc3ccccc3cc2B2c3cc(C4CCCCC4)ccc3N(c3ccc(C(C)(C)C)cc3)c3cccc1c32. The molecule has 236 valence electrons. The average molecular weight is 623 g/mol. The van der Waals surface area contributed by atoms with Gasteiger partial charge in [-0.15, -0.1) is 0 Å². The number of aryl methyl sites for hydroxylation is 1. The highest BCUT2D eigenvalue weighted by molar-refractivity contribution is 7.00. The van der Waals surface area contributed by atoms with Crippen molar-refractivity contribution in [1.82, 2.24) is 0 Å². The molecule has 0 aromatic heterocycles. The minimum absolute atomic E-state index is 0.102. The van der Waals surface area contributed by atoms with E-state index >= 15 is 0 Å². The van der Waals surface area contributed by atoms with E-state index in [-0.39, 0.29) is 12.1 Å². The molecule has 48 heavy (non-hydrogen) atoms. The molecule has 0 saturated heterocycles. The molecule has 0 N–H and O–H groups in total. The lowest BCUT2D eigenvalue weighted by atomic mass is 9.33. The Morgan fingerprint density at radius 1 is 0.562 bits per heavy atom. The molecule has 0 bridgehead atoms. The van der Waals surface area contributed by atoms with E-state index in [1.807, 2.05) is 0 Å². The summed E-state index contributed by atoms with van der Waals surface area (Å²) in [6.45, 7) is 9.27. The van der Waals surface area contributed by atoms with E-state index in [1.165, 1.54) is 110 Å². The van der Waals surface area contributed by atoms with Crippen LogP contribution < -0.4 is 26.2 Å². The second-order valence-corrected chi connectivity index (χ2v) is 15.3. The molecule has 0 spiro atoms. The van der Waals surface area contributed by atoms with Gasteiger partial charge in [-0.05, 0) is 117 Å². The summed E-state index contributed by atoms with van der Waals surface area (Å²) in [4.78, 5) is 5.09. The van der Waals surface area contributed by atoms with Gasteiger partial charge in [0, 0.05) is 34.1 Å². The first-order valence-corrected chi connectivity index (χ1v) is 17.9. The fourth-order valence-corrected chi connectivity index (χ4v) is 8.80. The number of anilines is 6. The highest BCUT2D eigenvalue weighted by Gasteiger charge is 2.43. The number of rotatable bonds is 3. The van der Waals surface area contributed by atoms with Crippen LogP contribution in [0.15, 0.2) is 121 Å². The molecule has 2 aliphatic heterocycles. The smallest absolute Gasteiger partial charge is 0.252 e. The molecule has 0 unspecified atom stereocenters. The van der Waals surface area contributed by atoms with Gasteiger partial charge in [0.05, 0.1) is 0 Å². The van der Waals surface area contributed by atoms with Gasteiger partial charge in [-0.25, -0.2) is 0 Å². The predicted molar refractivity (Wildman–Crippen MR) is 207 cm³/mol. The summed E-state index contributed by atoms with van der Waals surface area (Å²) in [5, 5.41) is 2.58. The highest BCUT2D eigenvalue weighted by Crippen LogP contribution is 2.46. The third kappa shape index (κ3) is 4.62. The molecule has 1 saturated carbocycles. The van der Waals surface area contributed by atoms with Crippen molar-refractivity contribution >= 4 is 68.0 Å². The Kier molecular flexibility index (Phi) is 6.83. The summed E-state index contributed by atoms with van der Waals surface area (Å²) >= 11 is 0. The lowest BCUT2D eigenvalue weighted by molar-refractivity contribution is 0.444. The summed E-state index contributed by atoms with van der Waals surface area (Å²) in [5.41, 5.74) is 16.1. The van der Waals surface area contributed by atoms with Gasteiger partial charge in [0.1, 0.15) is 0 Å². The molecule has 6 aromatic carbocycles. The fourth-order valence-electron chi connectivity index (χ4n) is 8.80. The third-order valence-electron chi connectivity index (χ3n) is 11.3. The Balaban J connectivity index is 1.35. The Bertz CT molecular complexity index is 2190. The Labute approximate surface area is 286 Å². The van der Waals surface area contributed by atoms with Crippen LogP contribution in [0.4, 0.5) is 34.1 Å². The average Bonchev–Trinajstić information content (AvgIpc) is 3.11. The van der Waals surface area contributed by atoms with Crippen molar-refractivity contribution < 1.29 is 0 Å². The molecule has 6 aromatic rings. The standard InChI is InChI=1S/C45H43BN2/c1-30-13-8-11-18-39(30)48-42-20-12-19-41-44(42)46(38-27-32-16-9-10-17-33(32)29-43(38)48)37-28-34(31-14-6-5-7-15-31)21-26-40(37)47(41)36-24-22-35(23-25-36)45(2,3)4/h8-13,16-29,31H,5-7,14-15H2,1-4H3. The molecule has 3 heteroatoms. The van der Waals surface area contributed by atoms with Crippen LogP contribution in [-0.4, -0.2) is 6.71 Å². The zero-order valence-corrected chi connectivity index (χ0v) is 28.6. The topological polar surface area (TPSA) is 6.48 Å². The van der Waals surface area contributed by atoms with Crippen LogP contribution in [0.3, 0.4) is 0 Å². The summed E-state index contributed by atoms with van der Waals surface area (Å²) in [6.07, 6.45) is 6.64. The molecule has 0 amide bonds. The first-order valence-electron chi connectivity index (χ1n) is 17.9.